The van der Waals surface area contributed by atoms with E-state index in [1.165, 1.54) is 0 Å². The Bertz CT molecular complexity index is 891. The first kappa shape index (κ1) is 15.4. The molecule has 23 heavy (non-hydrogen) atoms. The molecular formula is C16H14N4OS2. The van der Waals surface area contributed by atoms with Crippen LogP contribution in [0.3, 0.4) is 0 Å². The summed E-state index contributed by atoms with van der Waals surface area (Å²) in [4.78, 5) is 1.00. The summed E-state index contributed by atoms with van der Waals surface area (Å²) in [5, 5.41) is 13.3. The quantitative estimate of drug-likeness (QED) is 0.558. The largest absolute Gasteiger partial charge is 0.496 e. The molecule has 3 aromatic rings. The lowest BCUT2D eigenvalue weighted by Gasteiger charge is -2.02. The maximum Gasteiger partial charge on any atom is 0.216 e. The lowest BCUT2D eigenvalue weighted by atomic mass is 10.2. The first-order chi connectivity index (χ1) is 11.3. The van der Waals surface area contributed by atoms with Gasteiger partial charge in [0.2, 0.25) is 4.77 Å². The number of H-pyrrole nitrogens is 1. The third-order valence-corrected chi connectivity index (χ3v) is 4.20. The molecule has 2 heterocycles. The lowest BCUT2D eigenvalue weighted by Crippen LogP contribution is -1.92. The first-order valence-electron chi connectivity index (χ1n) is 6.85. The fourth-order valence-electron chi connectivity index (χ4n) is 2.02. The minimum atomic E-state index is 0.454. The molecule has 1 aromatic carbocycles. The van der Waals surface area contributed by atoms with Crippen LogP contribution in [0.1, 0.15) is 5.56 Å². The van der Waals surface area contributed by atoms with Gasteiger partial charge in [0.05, 0.1) is 12.0 Å². The summed E-state index contributed by atoms with van der Waals surface area (Å²) in [5.41, 5.74) is 0.982. The predicted molar refractivity (Wildman–Crippen MR) is 96.6 cm³/mol. The molecule has 2 aromatic heterocycles. The van der Waals surface area contributed by atoms with Crippen LogP contribution < -0.4 is 4.74 Å². The summed E-state index contributed by atoms with van der Waals surface area (Å²) in [6.45, 7) is 0. The fraction of sp³-hybridized carbons (Fsp3) is 0.0625. The number of methoxy groups -OCH3 is 1. The van der Waals surface area contributed by atoms with Gasteiger partial charge in [-0.2, -0.15) is 14.9 Å². The van der Waals surface area contributed by atoms with Gasteiger partial charge in [-0.1, -0.05) is 24.3 Å². The van der Waals surface area contributed by atoms with Gasteiger partial charge in [-0.15, -0.1) is 11.3 Å². The summed E-state index contributed by atoms with van der Waals surface area (Å²) >= 11 is 6.81. The van der Waals surface area contributed by atoms with Gasteiger partial charge in [0.15, 0.2) is 5.82 Å². The molecule has 0 atom stereocenters. The van der Waals surface area contributed by atoms with Crippen molar-refractivity contribution in [1.29, 1.82) is 0 Å². The number of para-hydroxylation sites is 1. The first-order valence-corrected chi connectivity index (χ1v) is 8.13. The average Bonchev–Trinajstić information content (AvgIpc) is 3.22. The number of rotatable bonds is 5. The molecule has 1 N–H and O–H groups in total. The third-order valence-electron chi connectivity index (χ3n) is 3.07. The molecule has 0 fully saturated rings. The second-order valence-electron chi connectivity index (χ2n) is 4.51. The number of aromatic nitrogens is 3. The van der Waals surface area contributed by atoms with E-state index < -0.39 is 0 Å². The van der Waals surface area contributed by atoms with Crippen molar-refractivity contribution in [3.8, 4) is 16.5 Å². The Hall–Kier alpha value is -2.51. The van der Waals surface area contributed by atoms with Crippen LogP contribution in [0.2, 0.25) is 0 Å². The predicted octanol–water partition coefficient (Wildman–Crippen LogP) is 4.23. The second kappa shape index (κ2) is 7.17. The van der Waals surface area contributed by atoms with Crippen molar-refractivity contribution in [3.63, 3.8) is 0 Å². The molecule has 7 heteroatoms. The van der Waals surface area contributed by atoms with Gasteiger partial charge in [0.1, 0.15) is 5.75 Å². The van der Waals surface area contributed by atoms with E-state index in [1.807, 2.05) is 53.9 Å². The van der Waals surface area contributed by atoms with Gasteiger partial charge in [-0.25, -0.2) is 5.10 Å². The smallest absolute Gasteiger partial charge is 0.216 e. The van der Waals surface area contributed by atoms with Crippen LogP contribution in [-0.4, -0.2) is 28.2 Å². The molecule has 5 nitrogen and oxygen atoms in total. The summed E-state index contributed by atoms with van der Waals surface area (Å²) in [6, 6.07) is 11.7. The highest BCUT2D eigenvalue weighted by Crippen LogP contribution is 2.22. The summed E-state index contributed by atoms with van der Waals surface area (Å²) in [5.74, 6) is 1.52. The maximum atomic E-state index is 5.30. The normalized spacial score (nSPS) is 11.5. The van der Waals surface area contributed by atoms with E-state index in [0.717, 1.165) is 16.2 Å². The van der Waals surface area contributed by atoms with Gasteiger partial charge in [0, 0.05) is 11.8 Å². The van der Waals surface area contributed by atoms with Crippen LogP contribution in [0.15, 0.2) is 53.0 Å². The Balaban J connectivity index is 1.83. The van der Waals surface area contributed by atoms with E-state index in [1.54, 1.807) is 29.3 Å². The van der Waals surface area contributed by atoms with E-state index in [2.05, 4.69) is 15.3 Å². The molecule has 0 bridgehead atoms. The molecule has 0 spiro atoms. The van der Waals surface area contributed by atoms with Crippen LogP contribution in [0, 0.1) is 4.77 Å². The number of hydrogen-bond donors (Lipinski definition) is 1. The Kier molecular flexibility index (Phi) is 4.80. The highest BCUT2D eigenvalue weighted by Gasteiger charge is 2.08. The lowest BCUT2D eigenvalue weighted by molar-refractivity contribution is 0.414. The Morgan fingerprint density at radius 2 is 2.17 bits per heavy atom. The maximum absolute atomic E-state index is 5.30. The zero-order chi connectivity index (χ0) is 16.1. The van der Waals surface area contributed by atoms with Gasteiger partial charge in [0.25, 0.3) is 0 Å². The molecule has 0 aliphatic rings. The molecule has 0 radical (unpaired) electrons. The minimum absolute atomic E-state index is 0.454. The number of aromatic amines is 1. The number of nitrogens with zero attached hydrogens (tertiary/aromatic N) is 3. The number of ether oxygens (including phenoxy) is 1. The molecule has 0 aliphatic heterocycles. The molecular weight excluding hydrogens is 328 g/mol. The topological polar surface area (TPSA) is 55.2 Å². The van der Waals surface area contributed by atoms with Crippen molar-refractivity contribution in [2.45, 2.75) is 0 Å². The standard InChI is InChI=1S/C16H14N4OS2/c1-21-13-8-3-2-6-12(13)7-4-10-17-20-15(18-19-16(20)22)14-9-5-11-23-14/h2-11H,1H3,(H,19,22)/b7-4+,17-10+. The van der Waals surface area contributed by atoms with E-state index in [-0.39, 0.29) is 0 Å². The molecule has 0 saturated carbocycles. The molecule has 116 valence electrons. The number of benzene rings is 1. The highest BCUT2D eigenvalue weighted by molar-refractivity contribution is 7.71. The van der Waals surface area contributed by atoms with Crippen LogP contribution in [0.25, 0.3) is 16.8 Å². The summed E-state index contributed by atoms with van der Waals surface area (Å²) in [7, 11) is 1.65. The van der Waals surface area contributed by atoms with Gasteiger partial charge in [-0.05, 0) is 41.9 Å². The zero-order valence-electron chi connectivity index (χ0n) is 12.3. The highest BCUT2D eigenvalue weighted by atomic mass is 32.1. The summed E-state index contributed by atoms with van der Waals surface area (Å²) < 4.78 is 7.36. The van der Waals surface area contributed by atoms with Crippen LogP contribution in [0.5, 0.6) is 5.75 Å². The SMILES string of the molecule is COc1ccccc1/C=C/C=N/n1c(-c2cccs2)n[nH]c1=S. The second-order valence-corrected chi connectivity index (χ2v) is 5.84. The Morgan fingerprint density at radius 3 is 2.96 bits per heavy atom. The van der Waals surface area contributed by atoms with Crippen molar-refractivity contribution in [2.24, 2.45) is 5.10 Å². The molecule has 0 saturated heterocycles. The van der Waals surface area contributed by atoms with Crippen molar-refractivity contribution in [3.05, 3.63) is 58.2 Å². The van der Waals surface area contributed by atoms with Gasteiger partial charge < -0.3 is 4.74 Å². The molecule has 3 rings (SSSR count). The summed E-state index contributed by atoms with van der Waals surface area (Å²) in [6.07, 6.45) is 5.44. The number of thiophene rings is 1. The van der Waals surface area contributed by atoms with Crippen LogP contribution >= 0.6 is 23.6 Å². The van der Waals surface area contributed by atoms with E-state index >= 15 is 0 Å². The molecule has 0 amide bonds. The molecule has 0 aliphatic carbocycles. The number of allylic oxidation sites excluding steroid dienone is 1. The van der Waals surface area contributed by atoms with E-state index in [9.17, 15) is 0 Å². The van der Waals surface area contributed by atoms with Crippen LogP contribution in [0.4, 0.5) is 0 Å². The monoisotopic (exact) mass is 342 g/mol. The fourth-order valence-corrected chi connectivity index (χ4v) is 2.90. The zero-order valence-corrected chi connectivity index (χ0v) is 14.0. The van der Waals surface area contributed by atoms with Crippen LogP contribution in [-0.2, 0) is 0 Å². The number of hydrogen-bond acceptors (Lipinski definition) is 5. The van der Waals surface area contributed by atoms with Crippen molar-refractivity contribution in [2.75, 3.05) is 7.11 Å². The van der Waals surface area contributed by atoms with Crippen molar-refractivity contribution >= 4 is 35.8 Å². The minimum Gasteiger partial charge on any atom is -0.496 e. The van der Waals surface area contributed by atoms with Gasteiger partial charge in [-0.3, -0.25) is 0 Å². The third kappa shape index (κ3) is 3.46. The Morgan fingerprint density at radius 1 is 1.30 bits per heavy atom. The van der Waals surface area contributed by atoms with Crippen molar-refractivity contribution in [1.82, 2.24) is 14.9 Å². The average molecular weight is 342 g/mol. The van der Waals surface area contributed by atoms with E-state index in [4.69, 9.17) is 17.0 Å². The van der Waals surface area contributed by atoms with E-state index in [0.29, 0.717) is 10.6 Å². The molecule has 0 unspecified atom stereocenters. The van der Waals surface area contributed by atoms with Crippen molar-refractivity contribution < 1.29 is 4.74 Å². The van der Waals surface area contributed by atoms with Gasteiger partial charge >= 0.3 is 0 Å². The Labute approximate surface area is 142 Å². The number of nitrogens with one attached hydrogen (secondary N) is 1.